The molecule has 3 heterocycles. The molecule has 3 aromatic rings. The minimum Gasteiger partial charge on any atom is -0.391 e. The Kier molecular flexibility index (Phi) is 7.06. The van der Waals surface area contributed by atoms with E-state index in [1.807, 2.05) is 30.5 Å². The molecule has 37 heavy (non-hydrogen) atoms. The van der Waals surface area contributed by atoms with E-state index in [2.05, 4.69) is 10.3 Å². The maximum absolute atomic E-state index is 14.3. The van der Waals surface area contributed by atoms with Crippen molar-refractivity contribution < 1.29 is 14.7 Å². The number of β-amino-alcohol motifs (C(OH)–C–C–N with tert-alkyl or cyclic N) is 1. The van der Waals surface area contributed by atoms with Crippen molar-refractivity contribution in [1.29, 1.82) is 5.26 Å². The molecule has 0 spiro atoms. The molecule has 2 N–H and O–H groups in total. The number of nitrogens with zero attached hydrogens (tertiary/aromatic N) is 6. The van der Waals surface area contributed by atoms with Crippen molar-refractivity contribution in [1.82, 2.24) is 24.8 Å². The van der Waals surface area contributed by atoms with Crippen LogP contribution in [-0.4, -0.2) is 61.1 Å². The van der Waals surface area contributed by atoms with Crippen LogP contribution in [0.15, 0.2) is 48.8 Å². The number of aliphatic hydroxyl groups excluding tert-OH is 1. The molecule has 1 aliphatic carbocycles. The number of nitrogens with one attached hydrogen (secondary N) is 1. The van der Waals surface area contributed by atoms with Crippen LogP contribution in [0.25, 0.3) is 11.0 Å². The predicted octanol–water partition coefficient (Wildman–Crippen LogP) is 2.41. The number of para-hydroxylation sites is 2. The van der Waals surface area contributed by atoms with Gasteiger partial charge < -0.3 is 15.0 Å². The number of hydrogen-bond acceptors (Lipinski definition) is 7. The number of nitriles is 1. The van der Waals surface area contributed by atoms with Crippen LogP contribution < -0.4 is 10.2 Å². The van der Waals surface area contributed by atoms with Gasteiger partial charge in [0.05, 0.1) is 23.7 Å². The Bertz CT molecular complexity index is 1310. The lowest BCUT2D eigenvalue weighted by atomic mass is 9.94. The second kappa shape index (κ2) is 10.6. The predicted molar refractivity (Wildman–Crippen MR) is 137 cm³/mol. The van der Waals surface area contributed by atoms with Crippen molar-refractivity contribution in [2.75, 3.05) is 11.4 Å². The van der Waals surface area contributed by atoms with Gasteiger partial charge in [0.25, 0.3) is 5.91 Å². The highest BCUT2D eigenvalue weighted by molar-refractivity contribution is 6.04. The van der Waals surface area contributed by atoms with Gasteiger partial charge in [0.1, 0.15) is 12.1 Å². The lowest BCUT2D eigenvalue weighted by Crippen LogP contribution is -2.52. The Morgan fingerprint density at radius 2 is 1.97 bits per heavy atom. The Morgan fingerprint density at radius 3 is 2.68 bits per heavy atom. The van der Waals surface area contributed by atoms with Gasteiger partial charge in [0, 0.05) is 37.5 Å². The molecule has 10 heteroatoms. The van der Waals surface area contributed by atoms with E-state index in [-0.39, 0.29) is 30.9 Å². The van der Waals surface area contributed by atoms with Crippen molar-refractivity contribution in [3.05, 3.63) is 54.4 Å². The summed E-state index contributed by atoms with van der Waals surface area (Å²) in [7, 11) is 1.80. The molecular formula is C27H31N7O3. The summed E-state index contributed by atoms with van der Waals surface area (Å²) >= 11 is 0. The van der Waals surface area contributed by atoms with Crippen molar-refractivity contribution >= 4 is 28.8 Å². The molecule has 0 bridgehead atoms. The number of pyridine rings is 1. The third kappa shape index (κ3) is 4.87. The quantitative estimate of drug-likeness (QED) is 0.497. The fraction of sp³-hybridized carbons (Fsp3) is 0.444. The van der Waals surface area contributed by atoms with E-state index in [1.54, 1.807) is 36.1 Å². The van der Waals surface area contributed by atoms with Crippen LogP contribution in [-0.2, 0) is 16.6 Å². The van der Waals surface area contributed by atoms with Crippen molar-refractivity contribution in [3.8, 4) is 6.19 Å². The van der Waals surface area contributed by atoms with Gasteiger partial charge in [0.15, 0.2) is 6.19 Å². The molecule has 1 aliphatic heterocycles. The first-order chi connectivity index (χ1) is 18.0. The molecule has 5 rings (SSSR count). The summed E-state index contributed by atoms with van der Waals surface area (Å²) < 4.78 is 1.78. The first-order valence-corrected chi connectivity index (χ1v) is 12.8. The standard InChI is InChI=1S/C27H31N7O3/c1-32-22-12-6-5-11-21(22)31-27(32)34(26(37)23-14-20(35)16-33(23)17-28)24(18-8-7-13-29-15-18)25(36)30-19-9-3-2-4-10-19/h5-8,11-13,15,19-20,23-24,35H,2-4,9-10,14,16H2,1H3,(H,30,36)/t20-,23-,24?/m1/s1. The summed E-state index contributed by atoms with van der Waals surface area (Å²) in [5.41, 5.74) is 2.02. The minimum atomic E-state index is -1.06. The molecule has 0 radical (unpaired) electrons. The molecule has 192 valence electrons. The molecular weight excluding hydrogens is 470 g/mol. The number of aryl methyl sites for hydroxylation is 1. The van der Waals surface area contributed by atoms with E-state index in [4.69, 9.17) is 4.98 Å². The Hall–Kier alpha value is -3.97. The zero-order chi connectivity index (χ0) is 25.9. The number of aromatic nitrogens is 3. The third-order valence-corrected chi connectivity index (χ3v) is 7.37. The summed E-state index contributed by atoms with van der Waals surface area (Å²) in [4.78, 5) is 39.9. The van der Waals surface area contributed by atoms with Crippen LogP contribution in [0.5, 0.6) is 0 Å². The van der Waals surface area contributed by atoms with Crippen LogP contribution in [0.3, 0.4) is 0 Å². The molecule has 2 amide bonds. The van der Waals surface area contributed by atoms with Crippen LogP contribution >= 0.6 is 0 Å². The number of hydrogen-bond donors (Lipinski definition) is 2. The minimum absolute atomic E-state index is 0.0294. The zero-order valence-corrected chi connectivity index (χ0v) is 20.8. The molecule has 1 saturated heterocycles. The summed E-state index contributed by atoms with van der Waals surface area (Å²) in [5, 5.41) is 23.1. The van der Waals surface area contributed by atoms with Crippen molar-refractivity contribution in [3.63, 3.8) is 0 Å². The number of likely N-dealkylation sites (tertiary alicyclic amines) is 1. The molecule has 10 nitrogen and oxygen atoms in total. The number of carbonyl (C=O) groups is 2. The van der Waals surface area contributed by atoms with E-state index in [9.17, 15) is 20.0 Å². The first kappa shape index (κ1) is 24.7. The Morgan fingerprint density at radius 1 is 1.19 bits per heavy atom. The summed E-state index contributed by atoms with van der Waals surface area (Å²) in [5.74, 6) is -0.496. The fourth-order valence-electron chi connectivity index (χ4n) is 5.49. The maximum Gasteiger partial charge on any atom is 0.253 e. The maximum atomic E-state index is 14.3. The second-order valence-electron chi connectivity index (χ2n) is 9.86. The van der Waals surface area contributed by atoms with E-state index >= 15 is 0 Å². The molecule has 1 aromatic carbocycles. The summed E-state index contributed by atoms with van der Waals surface area (Å²) in [6.45, 7) is 0.0646. The van der Waals surface area contributed by atoms with Crippen LogP contribution in [0.4, 0.5) is 5.95 Å². The molecule has 2 aromatic heterocycles. The van der Waals surface area contributed by atoms with Crippen molar-refractivity contribution in [2.24, 2.45) is 7.05 Å². The number of anilines is 1. The van der Waals surface area contributed by atoms with Gasteiger partial charge in [-0.3, -0.25) is 24.4 Å². The average molecular weight is 502 g/mol. The Balaban J connectivity index is 1.63. The van der Waals surface area contributed by atoms with E-state index in [0.717, 1.165) is 37.6 Å². The number of benzene rings is 1. The number of amides is 2. The summed E-state index contributed by atoms with van der Waals surface area (Å²) in [6, 6.07) is 9.06. The van der Waals surface area contributed by atoms with E-state index < -0.39 is 24.1 Å². The van der Waals surface area contributed by atoms with Gasteiger partial charge in [0.2, 0.25) is 11.9 Å². The van der Waals surface area contributed by atoms with Gasteiger partial charge in [-0.25, -0.2) is 4.98 Å². The van der Waals surface area contributed by atoms with Gasteiger partial charge in [-0.05, 0) is 31.0 Å². The lowest BCUT2D eigenvalue weighted by molar-refractivity contribution is -0.128. The highest BCUT2D eigenvalue weighted by Crippen LogP contribution is 2.33. The first-order valence-electron chi connectivity index (χ1n) is 12.8. The zero-order valence-electron chi connectivity index (χ0n) is 20.8. The van der Waals surface area contributed by atoms with Gasteiger partial charge in [-0.15, -0.1) is 0 Å². The lowest BCUT2D eigenvalue weighted by Gasteiger charge is -2.34. The van der Waals surface area contributed by atoms with Crippen LogP contribution in [0, 0.1) is 11.5 Å². The van der Waals surface area contributed by atoms with Crippen molar-refractivity contribution in [2.45, 2.75) is 62.8 Å². The smallest absolute Gasteiger partial charge is 0.253 e. The number of fused-ring (bicyclic) bond motifs is 1. The molecule has 2 fully saturated rings. The van der Waals surface area contributed by atoms with Crippen LogP contribution in [0.1, 0.15) is 50.1 Å². The molecule has 1 saturated carbocycles. The van der Waals surface area contributed by atoms with E-state index in [0.29, 0.717) is 11.1 Å². The Labute approximate surface area is 215 Å². The summed E-state index contributed by atoms with van der Waals surface area (Å²) in [6.07, 6.45) is 9.54. The van der Waals surface area contributed by atoms with Crippen LogP contribution in [0.2, 0.25) is 0 Å². The molecule has 2 aliphatic rings. The number of imidazole rings is 1. The monoisotopic (exact) mass is 501 g/mol. The highest BCUT2D eigenvalue weighted by atomic mass is 16.3. The van der Waals surface area contributed by atoms with Gasteiger partial charge >= 0.3 is 0 Å². The normalized spacial score (nSPS) is 20.9. The topological polar surface area (TPSA) is 127 Å². The third-order valence-electron chi connectivity index (χ3n) is 7.37. The fourth-order valence-corrected chi connectivity index (χ4v) is 5.49. The molecule has 1 unspecified atom stereocenters. The van der Waals surface area contributed by atoms with Gasteiger partial charge in [-0.2, -0.15) is 5.26 Å². The average Bonchev–Trinajstić information content (AvgIpc) is 3.47. The SMILES string of the molecule is Cn1c(N(C(=O)[C@H]2C[C@@H](O)CN2C#N)C(C(=O)NC2CCCCC2)c2cccnc2)nc2ccccc21. The molecule has 3 atom stereocenters. The number of rotatable bonds is 6. The van der Waals surface area contributed by atoms with E-state index in [1.165, 1.54) is 9.80 Å². The number of carbonyl (C=O) groups excluding carboxylic acids is 2. The second-order valence-corrected chi connectivity index (χ2v) is 9.86. The highest BCUT2D eigenvalue weighted by Gasteiger charge is 2.44. The number of aliphatic hydroxyl groups is 1. The largest absolute Gasteiger partial charge is 0.391 e. The van der Waals surface area contributed by atoms with Gasteiger partial charge in [-0.1, -0.05) is 37.5 Å².